The van der Waals surface area contributed by atoms with Crippen molar-refractivity contribution < 1.29 is 19.1 Å². The highest BCUT2D eigenvalue weighted by atomic mass is 32.1. The van der Waals surface area contributed by atoms with Gasteiger partial charge >= 0.3 is 0 Å². The Kier molecular flexibility index (Phi) is 6.01. The molecule has 0 saturated heterocycles. The molecule has 0 atom stereocenters. The number of hydrogen-bond donors (Lipinski definition) is 1. The summed E-state index contributed by atoms with van der Waals surface area (Å²) in [4.78, 5) is 28.8. The summed E-state index contributed by atoms with van der Waals surface area (Å²) in [6.45, 7) is 4.20. The second-order valence-electron chi connectivity index (χ2n) is 7.61. The fourth-order valence-corrected chi connectivity index (χ4v) is 4.36. The fourth-order valence-electron chi connectivity index (χ4n) is 3.60. The van der Waals surface area contributed by atoms with Gasteiger partial charge in [0.1, 0.15) is 5.70 Å². The second-order valence-corrected chi connectivity index (χ2v) is 8.56. The lowest BCUT2D eigenvalue weighted by Crippen LogP contribution is -2.32. The van der Waals surface area contributed by atoms with Gasteiger partial charge in [-0.3, -0.25) is 9.59 Å². The van der Waals surface area contributed by atoms with Gasteiger partial charge in [-0.25, -0.2) is 4.90 Å². The van der Waals surface area contributed by atoms with Crippen molar-refractivity contribution in [3.05, 3.63) is 76.1 Å². The molecule has 1 N–H and O–H groups in total. The highest BCUT2D eigenvalue weighted by Gasteiger charge is 2.40. The predicted molar refractivity (Wildman–Crippen MR) is 127 cm³/mol. The second kappa shape index (κ2) is 8.88. The summed E-state index contributed by atoms with van der Waals surface area (Å²) in [6, 6.07) is 16.5. The summed E-state index contributed by atoms with van der Waals surface area (Å²) in [5.41, 5.74) is 2.89. The maximum atomic E-state index is 13.5. The molecule has 0 spiro atoms. The lowest BCUT2D eigenvalue weighted by Gasteiger charge is -2.17. The highest BCUT2D eigenvalue weighted by Crippen LogP contribution is 2.37. The van der Waals surface area contributed by atoms with E-state index < -0.39 is 5.91 Å². The first-order valence-corrected chi connectivity index (χ1v) is 11.1. The third-order valence-corrected chi connectivity index (χ3v) is 6.21. The fraction of sp³-hybridized carbons (Fsp3) is 0.200. The molecule has 1 aliphatic rings. The van der Waals surface area contributed by atoms with Crippen LogP contribution in [0.5, 0.6) is 11.5 Å². The first-order chi connectivity index (χ1) is 15.4. The molecule has 0 saturated carbocycles. The molecule has 4 rings (SSSR count). The van der Waals surface area contributed by atoms with E-state index in [1.165, 1.54) is 16.2 Å². The Labute approximate surface area is 191 Å². The number of methoxy groups -OCH3 is 2. The number of nitrogens with one attached hydrogen (secondary N) is 1. The van der Waals surface area contributed by atoms with Crippen LogP contribution in [0.15, 0.2) is 65.7 Å². The van der Waals surface area contributed by atoms with Gasteiger partial charge < -0.3 is 14.8 Å². The maximum absolute atomic E-state index is 13.5. The van der Waals surface area contributed by atoms with Crippen LogP contribution in [0.2, 0.25) is 0 Å². The lowest BCUT2D eigenvalue weighted by atomic mass is 10.0. The molecule has 1 aromatic heterocycles. The molecular weight excluding hydrogens is 424 g/mol. The predicted octanol–water partition coefficient (Wildman–Crippen LogP) is 5.29. The van der Waals surface area contributed by atoms with Crippen LogP contribution in [-0.4, -0.2) is 26.0 Å². The van der Waals surface area contributed by atoms with E-state index in [2.05, 4.69) is 19.2 Å². The number of nitrogens with zero attached hydrogens (tertiary/aromatic N) is 1. The van der Waals surface area contributed by atoms with Gasteiger partial charge in [-0.15, -0.1) is 11.3 Å². The number of hydrogen-bond acceptors (Lipinski definition) is 6. The van der Waals surface area contributed by atoms with E-state index in [0.717, 1.165) is 10.4 Å². The van der Waals surface area contributed by atoms with Crippen LogP contribution in [0.4, 0.5) is 11.4 Å². The summed E-state index contributed by atoms with van der Waals surface area (Å²) < 4.78 is 10.7. The Morgan fingerprint density at radius 2 is 1.62 bits per heavy atom. The number of amides is 2. The minimum absolute atomic E-state index is 0.234. The Hall–Kier alpha value is -3.58. The van der Waals surface area contributed by atoms with Crippen LogP contribution in [0.1, 0.15) is 30.2 Å². The van der Waals surface area contributed by atoms with Crippen LogP contribution in [0.3, 0.4) is 0 Å². The molecule has 2 heterocycles. The van der Waals surface area contributed by atoms with Gasteiger partial charge in [-0.2, -0.15) is 0 Å². The summed E-state index contributed by atoms with van der Waals surface area (Å²) in [6.07, 6.45) is 0. The highest BCUT2D eigenvalue weighted by molar-refractivity contribution is 7.11. The minimum atomic E-state index is -0.398. The average molecular weight is 449 g/mol. The van der Waals surface area contributed by atoms with Gasteiger partial charge in [0.15, 0.2) is 11.5 Å². The number of anilines is 2. The molecule has 7 heteroatoms. The van der Waals surface area contributed by atoms with Crippen molar-refractivity contribution in [2.24, 2.45) is 0 Å². The first-order valence-electron chi connectivity index (χ1n) is 10.2. The molecule has 0 aliphatic carbocycles. The van der Waals surface area contributed by atoms with Gasteiger partial charge in [-0.1, -0.05) is 32.0 Å². The normalized spacial score (nSPS) is 13.8. The quantitative estimate of drug-likeness (QED) is 0.498. The number of thiophene rings is 1. The van der Waals surface area contributed by atoms with Crippen molar-refractivity contribution in [2.45, 2.75) is 19.8 Å². The molecule has 2 amide bonds. The van der Waals surface area contributed by atoms with Crippen molar-refractivity contribution in [3.8, 4) is 11.5 Å². The number of benzene rings is 2. The zero-order valence-electron chi connectivity index (χ0n) is 18.3. The average Bonchev–Trinajstić information content (AvgIpc) is 3.40. The Bertz CT molecular complexity index is 1180. The molecule has 0 fully saturated rings. The Balaban J connectivity index is 1.74. The number of carbonyl (C=O) groups excluding carboxylic acids is 2. The van der Waals surface area contributed by atoms with E-state index in [1.807, 2.05) is 41.8 Å². The SMILES string of the molecule is COc1ccc(NC2=C(c3cccs3)C(=O)N(c3ccc(C(C)C)cc3)C2=O)cc1OC. The van der Waals surface area contributed by atoms with Crippen LogP contribution in [-0.2, 0) is 9.59 Å². The number of carbonyl (C=O) groups is 2. The monoisotopic (exact) mass is 448 g/mol. The summed E-state index contributed by atoms with van der Waals surface area (Å²) in [5.74, 6) is 0.708. The lowest BCUT2D eigenvalue weighted by molar-refractivity contribution is -0.120. The Morgan fingerprint density at radius 1 is 0.906 bits per heavy atom. The van der Waals surface area contributed by atoms with E-state index in [4.69, 9.17) is 9.47 Å². The van der Waals surface area contributed by atoms with Crippen LogP contribution in [0.25, 0.3) is 5.57 Å². The molecule has 2 aromatic carbocycles. The van der Waals surface area contributed by atoms with E-state index in [1.54, 1.807) is 32.4 Å². The van der Waals surface area contributed by atoms with Gasteiger partial charge in [0.25, 0.3) is 11.8 Å². The molecule has 1 aliphatic heterocycles. The largest absolute Gasteiger partial charge is 0.493 e. The zero-order chi connectivity index (χ0) is 22.8. The van der Waals surface area contributed by atoms with Crippen molar-refractivity contribution >= 4 is 40.1 Å². The Morgan fingerprint density at radius 3 is 2.22 bits per heavy atom. The van der Waals surface area contributed by atoms with Crippen LogP contribution >= 0.6 is 11.3 Å². The number of ether oxygens (including phenoxy) is 2. The summed E-state index contributed by atoms with van der Waals surface area (Å²) in [7, 11) is 3.11. The minimum Gasteiger partial charge on any atom is -0.493 e. The number of rotatable bonds is 7. The van der Waals surface area contributed by atoms with Crippen molar-refractivity contribution in [1.82, 2.24) is 0 Å². The maximum Gasteiger partial charge on any atom is 0.282 e. The molecular formula is C25H24N2O4S. The van der Waals surface area contributed by atoms with Gasteiger partial charge in [0.2, 0.25) is 0 Å². The van der Waals surface area contributed by atoms with E-state index in [9.17, 15) is 9.59 Å². The third kappa shape index (κ3) is 3.87. The number of imide groups is 1. The van der Waals surface area contributed by atoms with E-state index in [-0.39, 0.29) is 11.6 Å². The van der Waals surface area contributed by atoms with E-state index in [0.29, 0.717) is 34.4 Å². The van der Waals surface area contributed by atoms with Crippen molar-refractivity contribution in [1.29, 1.82) is 0 Å². The van der Waals surface area contributed by atoms with Crippen LogP contribution in [0, 0.1) is 0 Å². The topological polar surface area (TPSA) is 67.9 Å². The third-order valence-electron chi connectivity index (χ3n) is 5.32. The smallest absolute Gasteiger partial charge is 0.282 e. The van der Waals surface area contributed by atoms with Crippen molar-refractivity contribution in [3.63, 3.8) is 0 Å². The van der Waals surface area contributed by atoms with Gasteiger partial charge in [-0.05, 0) is 47.2 Å². The molecule has 0 radical (unpaired) electrons. The van der Waals surface area contributed by atoms with Crippen LogP contribution < -0.4 is 19.7 Å². The molecule has 32 heavy (non-hydrogen) atoms. The van der Waals surface area contributed by atoms with Gasteiger partial charge in [0, 0.05) is 16.6 Å². The van der Waals surface area contributed by atoms with Crippen molar-refractivity contribution in [2.75, 3.05) is 24.4 Å². The molecule has 6 nitrogen and oxygen atoms in total. The molecule has 0 bridgehead atoms. The summed E-state index contributed by atoms with van der Waals surface area (Å²) in [5, 5.41) is 5.04. The summed E-state index contributed by atoms with van der Waals surface area (Å²) >= 11 is 1.42. The standard InChI is InChI=1S/C25H24N2O4S/c1-15(2)16-7-10-18(11-8-16)27-24(28)22(21-6-5-13-32-21)23(25(27)29)26-17-9-12-19(30-3)20(14-17)31-4/h5-15,26H,1-4H3. The molecule has 164 valence electrons. The first kappa shape index (κ1) is 21.6. The zero-order valence-corrected chi connectivity index (χ0v) is 19.2. The molecule has 0 unspecified atom stereocenters. The van der Waals surface area contributed by atoms with E-state index >= 15 is 0 Å². The van der Waals surface area contributed by atoms with Gasteiger partial charge in [0.05, 0.1) is 25.5 Å². The molecule has 3 aromatic rings.